The van der Waals surface area contributed by atoms with Crippen LogP contribution in [-0.4, -0.2) is 23.4 Å². The van der Waals surface area contributed by atoms with E-state index in [4.69, 9.17) is 4.74 Å². The van der Waals surface area contributed by atoms with E-state index in [0.717, 1.165) is 12.8 Å². The number of ether oxygens (including phenoxy) is 1. The van der Waals surface area contributed by atoms with Gasteiger partial charge in [-0.15, -0.1) is 0 Å². The summed E-state index contributed by atoms with van der Waals surface area (Å²) in [5, 5.41) is 9.43. The molecule has 0 amide bonds. The van der Waals surface area contributed by atoms with Crippen LogP contribution in [0, 0.1) is 0 Å². The van der Waals surface area contributed by atoms with Gasteiger partial charge in [-0.2, -0.15) is 0 Å². The van der Waals surface area contributed by atoms with Crippen LogP contribution in [0.1, 0.15) is 26.7 Å². The van der Waals surface area contributed by atoms with E-state index in [0.29, 0.717) is 0 Å². The first-order valence-corrected chi connectivity index (χ1v) is 4.20. The molecule has 2 heteroatoms. The average molecular weight is 156 g/mol. The Balaban J connectivity index is 2.07. The molecule has 0 aromatic heterocycles. The summed E-state index contributed by atoms with van der Waals surface area (Å²) in [6.07, 6.45) is 5.96. The summed E-state index contributed by atoms with van der Waals surface area (Å²) in [6.45, 7) is 3.98. The van der Waals surface area contributed by atoms with Gasteiger partial charge in [0.25, 0.3) is 0 Å². The number of hydrogen-bond acceptors (Lipinski definition) is 2. The Morgan fingerprint density at radius 3 is 2.73 bits per heavy atom. The maximum Gasteiger partial charge on any atom is 0.110 e. The molecule has 1 rings (SSSR count). The van der Waals surface area contributed by atoms with Crippen molar-refractivity contribution in [3.63, 3.8) is 0 Å². The first kappa shape index (κ1) is 8.75. The molecular formula is C9H16O2. The number of epoxide rings is 1. The molecule has 0 unspecified atom stereocenters. The summed E-state index contributed by atoms with van der Waals surface area (Å²) in [4.78, 5) is 0. The highest BCUT2D eigenvalue weighted by atomic mass is 16.6. The van der Waals surface area contributed by atoms with Crippen molar-refractivity contribution in [1.82, 2.24) is 0 Å². The van der Waals surface area contributed by atoms with E-state index in [1.54, 1.807) is 0 Å². The van der Waals surface area contributed by atoms with E-state index < -0.39 is 0 Å². The second-order valence-corrected chi connectivity index (χ2v) is 3.02. The first-order valence-electron chi connectivity index (χ1n) is 4.20. The Kier molecular flexibility index (Phi) is 3.09. The molecule has 1 N–H and O–H groups in total. The van der Waals surface area contributed by atoms with Crippen molar-refractivity contribution < 1.29 is 9.84 Å². The Morgan fingerprint density at radius 2 is 2.27 bits per heavy atom. The second-order valence-electron chi connectivity index (χ2n) is 3.02. The molecule has 0 aromatic carbocycles. The first-order chi connectivity index (χ1) is 5.25. The van der Waals surface area contributed by atoms with Crippen LogP contribution in [0.2, 0.25) is 0 Å². The van der Waals surface area contributed by atoms with Gasteiger partial charge >= 0.3 is 0 Å². The summed E-state index contributed by atoms with van der Waals surface area (Å²) in [7, 11) is 0. The topological polar surface area (TPSA) is 32.8 Å². The highest BCUT2D eigenvalue weighted by molar-refractivity contribution is 4.89. The normalized spacial score (nSPS) is 32.6. The van der Waals surface area contributed by atoms with E-state index >= 15 is 0 Å². The molecule has 1 heterocycles. The molecule has 1 aliphatic heterocycles. The quantitative estimate of drug-likeness (QED) is 0.494. The summed E-state index contributed by atoms with van der Waals surface area (Å²) >= 11 is 0. The number of aliphatic hydroxyl groups is 1. The van der Waals surface area contributed by atoms with E-state index in [9.17, 15) is 5.11 Å². The lowest BCUT2D eigenvalue weighted by Crippen LogP contribution is -2.15. The summed E-state index contributed by atoms with van der Waals surface area (Å²) in [5.74, 6) is 0. The van der Waals surface area contributed by atoms with Gasteiger partial charge in [-0.1, -0.05) is 12.2 Å². The third-order valence-corrected chi connectivity index (χ3v) is 2.00. The zero-order chi connectivity index (χ0) is 8.27. The van der Waals surface area contributed by atoms with Crippen molar-refractivity contribution in [2.24, 2.45) is 0 Å². The van der Waals surface area contributed by atoms with Gasteiger partial charge in [0.15, 0.2) is 0 Å². The molecule has 0 spiro atoms. The van der Waals surface area contributed by atoms with Crippen molar-refractivity contribution in [1.29, 1.82) is 0 Å². The Labute approximate surface area is 67.9 Å². The van der Waals surface area contributed by atoms with Crippen LogP contribution in [0.4, 0.5) is 0 Å². The molecular weight excluding hydrogens is 140 g/mol. The number of hydrogen-bond donors (Lipinski definition) is 1. The average Bonchev–Trinajstić information content (AvgIpc) is 2.67. The van der Waals surface area contributed by atoms with Crippen LogP contribution in [0.15, 0.2) is 12.2 Å². The predicted molar refractivity (Wildman–Crippen MR) is 44.4 cm³/mol. The van der Waals surface area contributed by atoms with Gasteiger partial charge in [-0.3, -0.25) is 0 Å². The van der Waals surface area contributed by atoms with Crippen molar-refractivity contribution in [3.05, 3.63) is 12.2 Å². The molecule has 0 aromatic rings. The molecule has 2 nitrogen and oxygen atoms in total. The zero-order valence-corrected chi connectivity index (χ0v) is 7.16. The summed E-state index contributed by atoms with van der Waals surface area (Å²) < 4.78 is 5.14. The molecule has 0 radical (unpaired) electrons. The fourth-order valence-corrected chi connectivity index (χ4v) is 1.20. The lowest BCUT2D eigenvalue weighted by Gasteiger charge is -2.03. The van der Waals surface area contributed by atoms with Gasteiger partial charge < -0.3 is 9.84 Å². The standard InChI is InChI=1S/C9H16O2/c1-3-4-5-6-8(10)9-7(2)11-9/h3-4,7-10H,5-6H2,1-2H3/b4-3+/t7-,8+,9+/m1/s1. The Hall–Kier alpha value is -0.340. The molecule has 1 aliphatic rings. The number of allylic oxidation sites excluding steroid dienone is 2. The van der Waals surface area contributed by atoms with Crippen LogP contribution in [0.3, 0.4) is 0 Å². The number of rotatable bonds is 4. The largest absolute Gasteiger partial charge is 0.390 e. The molecule has 3 atom stereocenters. The molecule has 11 heavy (non-hydrogen) atoms. The molecule has 0 saturated carbocycles. The molecule has 1 fully saturated rings. The maximum atomic E-state index is 9.43. The predicted octanol–water partition coefficient (Wildman–Crippen LogP) is 1.49. The van der Waals surface area contributed by atoms with E-state index in [1.165, 1.54) is 0 Å². The van der Waals surface area contributed by atoms with Crippen LogP contribution >= 0.6 is 0 Å². The lowest BCUT2D eigenvalue weighted by molar-refractivity contribution is 0.127. The van der Waals surface area contributed by atoms with Gasteiger partial charge in [-0.05, 0) is 26.7 Å². The van der Waals surface area contributed by atoms with Crippen LogP contribution in [0.25, 0.3) is 0 Å². The van der Waals surface area contributed by atoms with Crippen molar-refractivity contribution >= 4 is 0 Å². The number of aliphatic hydroxyl groups excluding tert-OH is 1. The van der Waals surface area contributed by atoms with E-state index in [1.807, 2.05) is 19.9 Å². The van der Waals surface area contributed by atoms with Crippen molar-refractivity contribution in [3.8, 4) is 0 Å². The van der Waals surface area contributed by atoms with Gasteiger partial charge in [0.1, 0.15) is 6.10 Å². The Bertz CT molecular complexity index is 142. The second kappa shape index (κ2) is 3.88. The van der Waals surface area contributed by atoms with E-state index in [2.05, 4.69) is 6.08 Å². The van der Waals surface area contributed by atoms with Crippen molar-refractivity contribution in [2.75, 3.05) is 0 Å². The van der Waals surface area contributed by atoms with Crippen LogP contribution in [-0.2, 0) is 4.74 Å². The molecule has 0 bridgehead atoms. The summed E-state index contributed by atoms with van der Waals surface area (Å²) in [6, 6.07) is 0. The van der Waals surface area contributed by atoms with E-state index in [-0.39, 0.29) is 18.3 Å². The maximum absolute atomic E-state index is 9.43. The van der Waals surface area contributed by atoms with Gasteiger partial charge in [0.2, 0.25) is 0 Å². The van der Waals surface area contributed by atoms with Crippen LogP contribution < -0.4 is 0 Å². The minimum atomic E-state index is -0.263. The minimum absolute atomic E-state index is 0.111. The third kappa shape index (κ3) is 2.64. The third-order valence-electron chi connectivity index (χ3n) is 2.00. The zero-order valence-electron chi connectivity index (χ0n) is 7.16. The highest BCUT2D eigenvalue weighted by Gasteiger charge is 2.39. The smallest absolute Gasteiger partial charge is 0.110 e. The van der Waals surface area contributed by atoms with Gasteiger partial charge in [0.05, 0.1) is 12.2 Å². The molecule has 64 valence electrons. The molecule has 0 aliphatic carbocycles. The van der Waals surface area contributed by atoms with Gasteiger partial charge in [-0.25, -0.2) is 0 Å². The fraction of sp³-hybridized carbons (Fsp3) is 0.778. The monoisotopic (exact) mass is 156 g/mol. The minimum Gasteiger partial charge on any atom is -0.390 e. The van der Waals surface area contributed by atoms with Gasteiger partial charge in [0, 0.05) is 0 Å². The summed E-state index contributed by atoms with van der Waals surface area (Å²) in [5.41, 5.74) is 0. The van der Waals surface area contributed by atoms with Crippen LogP contribution in [0.5, 0.6) is 0 Å². The SMILES string of the molecule is C/C=C/CC[C@H](O)[C@H]1O[C@@H]1C. The van der Waals surface area contributed by atoms with Crippen molar-refractivity contribution in [2.45, 2.75) is 45.0 Å². The fourth-order valence-electron chi connectivity index (χ4n) is 1.20. The molecule has 1 saturated heterocycles. The highest BCUT2D eigenvalue weighted by Crippen LogP contribution is 2.26. The lowest BCUT2D eigenvalue weighted by atomic mass is 10.1. The Morgan fingerprint density at radius 1 is 1.64 bits per heavy atom.